The fraction of sp³-hybridized carbons (Fsp3) is 0.627. The minimum absolute atomic E-state index is 0.0741. The van der Waals surface area contributed by atoms with Gasteiger partial charge in [0.15, 0.2) is 0 Å². The second-order valence-corrected chi connectivity index (χ2v) is 18.3. The van der Waals surface area contributed by atoms with E-state index in [0.29, 0.717) is 29.5 Å². The molecule has 0 saturated carbocycles. The molecule has 0 aromatic heterocycles. The van der Waals surface area contributed by atoms with E-state index in [2.05, 4.69) is 28.2 Å². The van der Waals surface area contributed by atoms with Crippen LogP contribution in [0.15, 0.2) is 30.3 Å². The molecule has 5 unspecified atom stereocenters. The van der Waals surface area contributed by atoms with Crippen molar-refractivity contribution in [3.8, 4) is 16.9 Å². The maximum Gasteiger partial charge on any atom is 0.248 e. The first-order chi connectivity index (χ1) is 31.9. The van der Waals surface area contributed by atoms with Gasteiger partial charge in [0.05, 0.1) is 13.2 Å². The number of nitrogens with one attached hydrogen (secondary N) is 4. The molecule has 1 heterocycles. The number of phenolic OH excluding ortho intramolecular Hbond substituents is 1. The molecule has 0 aliphatic carbocycles. The van der Waals surface area contributed by atoms with E-state index >= 15 is 0 Å². The third-order valence-electron chi connectivity index (χ3n) is 12.8. The van der Waals surface area contributed by atoms with Crippen molar-refractivity contribution in [3.05, 3.63) is 52.6 Å². The average molecular weight is 934 g/mol. The van der Waals surface area contributed by atoms with Crippen LogP contribution in [0.2, 0.25) is 0 Å². The SMILES string of the molecule is CCCCCCCCCCCCCCCC(=O)N(C)C(CO)C(=O)NC(C)C(=O)NCC(=O)N(C)C1C(=O)NC(C)C(=O)NC(C(=O)N(C)C)Cc2cc(C)c(CC)c(c2)-c2cc1ccc2O. The zero-order valence-corrected chi connectivity index (χ0v) is 41.6. The molecule has 1 aliphatic rings. The summed E-state index contributed by atoms with van der Waals surface area (Å²) in [7, 11) is 5.98. The number of nitrogens with zero attached hydrogens (tertiary/aromatic N) is 3. The number of phenols is 1. The Bertz CT molecular complexity index is 2010. The Morgan fingerprint density at radius 1 is 0.776 bits per heavy atom. The predicted molar refractivity (Wildman–Crippen MR) is 260 cm³/mol. The fourth-order valence-electron chi connectivity index (χ4n) is 8.60. The Kier molecular flexibility index (Phi) is 23.3. The summed E-state index contributed by atoms with van der Waals surface area (Å²) < 4.78 is 0. The lowest BCUT2D eigenvalue weighted by atomic mass is 9.88. The topological polar surface area (TPSA) is 218 Å². The van der Waals surface area contributed by atoms with Gasteiger partial charge < -0.3 is 46.2 Å². The fourth-order valence-corrected chi connectivity index (χ4v) is 8.60. The van der Waals surface area contributed by atoms with Crippen LogP contribution in [0.1, 0.15) is 146 Å². The molecule has 5 atom stereocenters. The molecule has 2 aromatic carbocycles. The van der Waals surface area contributed by atoms with Crippen LogP contribution in [0.25, 0.3) is 11.1 Å². The van der Waals surface area contributed by atoms with Gasteiger partial charge in [-0.15, -0.1) is 0 Å². The van der Waals surface area contributed by atoms with Gasteiger partial charge in [0.1, 0.15) is 36.0 Å². The molecule has 2 aromatic rings. The van der Waals surface area contributed by atoms with Crippen LogP contribution in [-0.4, -0.2) is 132 Å². The van der Waals surface area contributed by atoms with Gasteiger partial charge in [-0.3, -0.25) is 33.6 Å². The average Bonchev–Trinajstić information content (AvgIpc) is 3.29. The molecule has 0 saturated heterocycles. The number of benzene rings is 2. The lowest BCUT2D eigenvalue weighted by molar-refractivity contribution is -0.142. The number of aromatic hydroxyl groups is 1. The van der Waals surface area contributed by atoms with Crippen molar-refractivity contribution in [2.24, 2.45) is 0 Å². The van der Waals surface area contributed by atoms with Crippen molar-refractivity contribution in [3.63, 3.8) is 0 Å². The van der Waals surface area contributed by atoms with Gasteiger partial charge in [-0.1, -0.05) is 109 Å². The van der Waals surface area contributed by atoms with Crippen LogP contribution in [0.3, 0.4) is 0 Å². The van der Waals surface area contributed by atoms with Crippen molar-refractivity contribution < 1.29 is 43.8 Å². The number of aliphatic hydroxyl groups excluding tert-OH is 1. The van der Waals surface area contributed by atoms with Gasteiger partial charge in [0.25, 0.3) is 0 Å². The minimum atomic E-state index is -1.36. The highest BCUT2D eigenvalue weighted by atomic mass is 16.3. The van der Waals surface area contributed by atoms with Gasteiger partial charge >= 0.3 is 0 Å². The van der Waals surface area contributed by atoms with Crippen molar-refractivity contribution in [1.82, 2.24) is 36.0 Å². The number of carbonyl (C=O) groups is 7. The van der Waals surface area contributed by atoms with E-state index in [4.69, 9.17) is 0 Å². The lowest BCUT2D eigenvalue weighted by Gasteiger charge is -2.31. The molecule has 16 nitrogen and oxygen atoms in total. The first-order valence-corrected chi connectivity index (χ1v) is 24.3. The molecule has 0 spiro atoms. The molecule has 16 heteroatoms. The van der Waals surface area contributed by atoms with Crippen LogP contribution >= 0.6 is 0 Å². The van der Waals surface area contributed by atoms with E-state index < -0.39 is 72.9 Å². The number of amides is 7. The maximum atomic E-state index is 14.2. The summed E-state index contributed by atoms with van der Waals surface area (Å²) in [5.41, 5.74) is 3.92. The standard InChI is InChI=1S/C51H79N7O9/c1-10-12-13-14-15-16-17-18-19-20-21-22-23-24-44(61)57(8)42(32-59)49(65)53-34(4)47(63)52-31-45(62)58(9)46-37-25-26-43(60)40(30-37)39-28-36(27-33(3)38(39)11-2)29-41(51(67)56(6)7)55-48(64)35(5)54-50(46)66/h25-28,30,34-35,41-42,46,59-60H,10-24,29,31-32H2,1-9H3,(H,52,63)(H,53,65)(H,54,66)(H,55,64). The van der Waals surface area contributed by atoms with E-state index in [1.165, 1.54) is 108 Å². The molecule has 0 fully saturated rings. The highest BCUT2D eigenvalue weighted by Gasteiger charge is 2.34. The van der Waals surface area contributed by atoms with Gasteiger partial charge in [-0.05, 0) is 73.6 Å². The number of aliphatic hydroxyl groups is 1. The summed E-state index contributed by atoms with van der Waals surface area (Å²) in [6, 6.07) is 2.49. The molecule has 372 valence electrons. The Balaban J connectivity index is 1.67. The first kappa shape index (κ1) is 55.8. The number of likely N-dealkylation sites (N-methyl/N-ethyl adjacent to an activating group) is 3. The molecule has 7 amide bonds. The zero-order chi connectivity index (χ0) is 49.8. The smallest absolute Gasteiger partial charge is 0.248 e. The summed E-state index contributed by atoms with van der Waals surface area (Å²) in [6.45, 7) is 7.74. The van der Waals surface area contributed by atoms with Gasteiger partial charge in [-0.25, -0.2) is 0 Å². The monoisotopic (exact) mass is 934 g/mol. The second kappa shape index (κ2) is 28.0. The van der Waals surface area contributed by atoms with Crippen molar-refractivity contribution in [1.29, 1.82) is 0 Å². The van der Waals surface area contributed by atoms with E-state index in [9.17, 15) is 43.8 Å². The second-order valence-electron chi connectivity index (χ2n) is 18.3. The van der Waals surface area contributed by atoms with Gasteiger partial charge in [0, 0.05) is 46.6 Å². The molecule has 67 heavy (non-hydrogen) atoms. The van der Waals surface area contributed by atoms with Gasteiger partial charge in [0.2, 0.25) is 41.4 Å². The lowest BCUT2D eigenvalue weighted by Crippen LogP contribution is -2.56. The molecule has 1 aliphatic heterocycles. The Morgan fingerprint density at radius 2 is 1.37 bits per heavy atom. The van der Waals surface area contributed by atoms with Crippen LogP contribution in [0, 0.1) is 6.92 Å². The zero-order valence-electron chi connectivity index (χ0n) is 41.6. The number of hydrogen-bond donors (Lipinski definition) is 6. The van der Waals surface area contributed by atoms with E-state index in [0.717, 1.165) is 40.9 Å². The normalized spacial score (nSPS) is 17.0. The third kappa shape index (κ3) is 16.6. The molecular weight excluding hydrogens is 855 g/mol. The summed E-state index contributed by atoms with van der Waals surface area (Å²) in [5, 5.41) is 31.8. The predicted octanol–water partition coefficient (Wildman–Crippen LogP) is 4.98. The summed E-state index contributed by atoms with van der Waals surface area (Å²) in [6.07, 6.45) is 16.2. The number of unbranched alkanes of at least 4 members (excludes halogenated alkanes) is 12. The minimum Gasteiger partial charge on any atom is -0.507 e. The van der Waals surface area contributed by atoms with E-state index in [-0.39, 0.29) is 30.4 Å². The van der Waals surface area contributed by atoms with Crippen molar-refractivity contribution >= 4 is 41.4 Å². The summed E-state index contributed by atoms with van der Waals surface area (Å²) in [4.78, 5) is 98.1. The number of rotatable bonds is 24. The highest BCUT2D eigenvalue weighted by Crippen LogP contribution is 2.37. The molecule has 4 bridgehead atoms. The largest absolute Gasteiger partial charge is 0.507 e. The Labute approximate surface area is 398 Å². The number of fused-ring (bicyclic) bond motifs is 5. The quantitative estimate of drug-likeness (QED) is 0.0782. The molecule has 3 rings (SSSR count). The number of carbonyl (C=O) groups excluding carboxylic acids is 7. The molecule has 0 radical (unpaired) electrons. The van der Waals surface area contributed by atoms with Crippen molar-refractivity contribution in [2.45, 2.75) is 168 Å². The summed E-state index contributed by atoms with van der Waals surface area (Å²) >= 11 is 0. The highest BCUT2D eigenvalue weighted by molar-refractivity contribution is 5.96. The Hall–Kier alpha value is -5.51. The van der Waals surface area contributed by atoms with Crippen LogP contribution in [0.4, 0.5) is 0 Å². The van der Waals surface area contributed by atoms with Gasteiger partial charge in [-0.2, -0.15) is 0 Å². The molecule has 6 N–H and O–H groups in total. The third-order valence-corrected chi connectivity index (χ3v) is 12.8. The maximum absolute atomic E-state index is 14.2. The van der Waals surface area contributed by atoms with E-state index in [1.807, 2.05) is 26.0 Å². The number of hydrogen-bond acceptors (Lipinski definition) is 9. The van der Waals surface area contributed by atoms with E-state index in [1.54, 1.807) is 20.2 Å². The molecular formula is C51H79N7O9. The van der Waals surface area contributed by atoms with Crippen molar-refractivity contribution in [2.75, 3.05) is 41.3 Å². The van der Waals surface area contributed by atoms with Crippen LogP contribution < -0.4 is 21.3 Å². The summed E-state index contributed by atoms with van der Waals surface area (Å²) in [5.74, 6) is -4.25. The van der Waals surface area contributed by atoms with Crippen LogP contribution in [-0.2, 0) is 46.4 Å². The first-order valence-electron chi connectivity index (χ1n) is 24.3. The van der Waals surface area contributed by atoms with Crippen LogP contribution in [0.5, 0.6) is 5.75 Å². The number of aryl methyl sites for hydroxylation is 1. The Morgan fingerprint density at radius 3 is 1.94 bits per heavy atom.